The molecule has 0 aliphatic heterocycles. The van der Waals surface area contributed by atoms with Gasteiger partial charge in [0, 0.05) is 31.4 Å². The van der Waals surface area contributed by atoms with Crippen LogP contribution < -0.4 is 10.2 Å². The zero-order valence-corrected chi connectivity index (χ0v) is 14.2. The van der Waals surface area contributed by atoms with Gasteiger partial charge in [-0.15, -0.1) is 0 Å². The Bertz CT molecular complexity index is 414. The molecule has 0 bridgehead atoms. The minimum Gasteiger partial charge on any atom is -0.371 e. The van der Waals surface area contributed by atoms with Crippen LogP contribution in [0.4, 0.5) is 10.1 Å². The Kier molecular flexibility index (Phi) is 7.73. The molecular formula is C18H31FN2. The van der Waals surface area contributed by atoms with Crippen molar-refractivity contribution in [1.29, 1.82) is 0 Å². The molecule has 0 amide bonds. The van der Waals surface area contributed by atoms with Gasteiger partial charge in [-0.25, -0.2) is 4.39 Å². The summed E-state index contributed by atoms with van der Waals surface area (Å²) in [5.41, 5.74) is 2.22. The van der Waals surface area contributed by atoms with Gasteiger partial charge in [0.2, 0.25) is 0 Å². The van der Waals surface area contributed by atoms with Gasteiger partial charge in [-0.05, 0) is 36.6 Å². The maximum absolute atomic E-state index is 13.6. The van der Waals surface area contributed by atoms with Crippen molar-refractivity contribution < 1.29 is 4.39 Å². The van der Waals surface area contributed by atoms with Crippen molar-refractivity contribution >= 4 is 5.69 Å². The summed E-state index contributed by atoms with van der Waals surface area (Å²) in [6.07, 6.45) is 2.38. The second-order valence-corrected chi connectivity index (χ2v) is 6.03. The molecule has 0 heterocycles. The van der Waals surface area contributed by atoms with E-state index in [0.717, 1.165) is 18.7 Å². The Morgan fingerprint density at radius 2 is 1.81 bits per heavy atom. The smallest absolute Gasteiger partial charge is 0.123 e. The van der Waals surface area contributed by atoms with Crippen LogP contribution in [0.3, 0.4) is 0 Å². The van der Waals surface area contributed by atoms with E-state index >= 15 is 0 Å². The third-order valence-corrected chi connectivity index (χ3v) is 4.10. The molecule has 1 aromatic rings. The zero-order chi connectivity index (χ0) is 15.8. The highest BCUT2D eigenvalue weighted by molar-refractivity contribution is 5.54. The summed E-state index contributed by atoms with van der Waals surface area (Å²) in [4.78, 5) is 2.38. The van der Waals surface area contributed by atoms with Gasteiger partial charge < -0.3 is 10.2 Å². The van der Waals surface area contributed by atoms with Crippen LogP contribution in [0.25, 0.3) is 0 Å². The average molecular weight is 294 g/mol. The van der Waals surface area contributed by atoms with Crippen LogP contribution in [0.2, 0.25) is 0 Å². The summed E-state index contributed by atoms with van der Waals surface area (Å²) >= 11 is 0. The predicted octanol–water partition coefficient (Wildman–Crippen LogP) is 4.59. The number of halogens is 1. The monoisotopic (exact) mass is 294 g/mol. The first-order valence-corrected chi connectivity index (χ1v) is 8.28. The maximum atomic E-state index is 13.6. The lowest BCUT2D eigenvalue weighted by Gasteiger charge is -2.29. The number of anilines is 1. The molecule has 0 saturated carbocycles. The fourth-order valence-electron chi connectivity index (χ4n) is 2.57. The van der Waals surface area contributed by atoms with Crippen molar-refractivity contribution in [1.82, 2.24) is 5.32 Å². The Balaban J connectivity index is 2.96. The second kappa shape index (κ2) is 9.04. The molecule has 0 spiro atoms. The fraction of sp³-hybridized carbons (Fsp3) is 0.667. The van der Waals surface area contributed by atoms with Crippen molar-refractivity contribution in [3.05, 3.63) is 29.6 Å². The predicted molar refractivity (Wildman–Crippen MR) is 90.3 cm³/mol. The van der Waals surface area contributed by atoms with E-state index in [0.29, 0.717) is 18.5 Å². The summed E-state index contributed by atoms with van der Waals surface area (Å²) in [7, 11) is 0. The first kappa shape index (κ1) is 18.0. The van der Waals surface area contributed by atoms with Crippen LogP contribution in [-0.2, 0) is 6.54 Å². The number of hydrogen-bond acceptors (Lipinski definition) is 2. The number of nitrogens with one attached hydrogen (secondary N) is 1. The van der Waals surface area contributed by atoms with Crippen LogP contribution in [0, 0.1) is 11.7 Å². The molecule has 0 aromatic heterocycles. The average Bonchev–Trinajstić information content (AvgIpc) is 2.47. The Morgan fingerprint density at radius 1 is 1.14 bits per heavy atom. The summed E-state index contributed by atoms with van der Waals surface area (Å²) in [6.45, 7) is 13.6. The molecule has 0 unspecified atom stereocenters. The molecule has 2 nitrogen and oxygen atoms in total. The molecule has 21 heavy (non-hydrogen) atoms. The Labute approximate surface area is 129 Å². The lowest BCUT2D eigenvalue weighted by Crippen LogP contribution is -2.31. The highest BCUT2D eigenvalue weighted by Crippen LogP contribution is 2.24. The van der Waals surface area contributed by atoms with Crippen LogP contribution in [0.5, 0.6) is 0 Å². The van der Waals surface area contributed by atoms with Crippen LogP contribution in [0.15, 0.2) is 18.2 Å². The molecule has 0 saturated heterocycles. The van der Waals surface area contributed by atoms with Crippen molar-refractivity contribution in [2.75, 3.05) is 18.0 Å². The molecule has 1 aromatic carbocycles. The van der Waals surface area contributed by atoms with Gasteiger partial charge in [0.25, 0.3) is 0 Å². The highest BCUT2D eigenvalue weighted by atomic mass is 19.1. The fourth-order valence-corrected chi connectivity index (χ4v) is 2.57. The first-order chi connectivity index (χ1) is 10.0. The van der Waals surface area contributed by atoms with Crippen molar-refractivity contribution in [2.45, 2.75) is 60.0 Å². The van der Waals surface area contributed by atoms with Gasteiger partial charge in [0.1, 0.15) is 5.82 Å². The van der Waals surface area contributed by atoms with E-state index in [2.05, 4.69) is 44.8 Å². The lowest BCUT2D eigenvalue weighted by molar-refractivity contribution is 0.484. The third kappa shape index (κ3) is 5.66. The van der Waals surface area contributed by atoms with Crippen LogP contribution >= 0.6 is 0 Å². The second-order valence-electron chi connectivity index (χ2n) is 6.03. The van der Waals surface area contributed by atoms with Crippen LogP contribution in [0.1, 0.15) is 53.0 Å². The van der Waals surface area contributed by atoms with Crippen LogP contribution in [-0.4, -0.2) is 19.1 Å². The van der Waals surface area contributed by atoms with E-state index in [1.54, 1.807) is 12.1 Å². The summed E-state index contributed by atoms with van der Waals surface area (Å²) in [5.74, 6) is 0.541. The number of hydrogen-bond donors (Lipinski definition) is 1. The van der Waals surface area contributed by atoms with E-state index in [9.17, 15) is 4.39 Å². The molecule has 0 radical (unpaired) electrons. The highest BCUT2D eigenvalue weighted by Gasteiger charge is 2.14. The largest absolute Gasteiger partial charge is 0.371 e. The molecule has 1 N–H and O–H groups in total. The number of rotatable bonds is 9. The maximum Gasteiger partial charge on any atom is 0.123 e. The molecule has 120 valence electrons. The third-order valence-electron chi connectivity index (χ3n) is 4.10. The molecule has 1 rings (SSSR count). The van der Waals surface area contributed by atoms with Crippen molar-refractivity contribution in [3.8, 4) is 0 Å². The van der Waals surface area contributed by atoms with Gasteiger partial charge in [0.15, 0.2) is 0 Å². The summed E-state index contributed by atoms with van der Waals surface area (Å²) in [5, 5.41) is 3.40. The van der Waals surface area contributed by atoms with Gasteiger partial charge >= 0.3 is 0 Å². The molecule has 0 aliphatic rings. The lowest BCUT2D eigenvalue weighted by atomic mass is 10.0. The first-order valence-electron chi connectivity index (χ1n) is 8.28. The van der Waals surface area contributed by atoms with Gasteiger partial charge in [-0.2, -0.15) is 0 Å². The van der Waals surface area contributed by atoms with E-state index in [-0.39, 0.29) is 5.82 Å². The normalized spacial score (nSPS) is 11.4. The number of benzene rings is 1. The molecule has 0 fully saturated rings. The molecule has 0 atom stereocenters. The number of nitrogens with zero attached hydrogens (tertiary/aromatic N) is 1. The molecule has 3 heteroatoms. The molecule has 0 aliphatic carbocycles. The Morgan fingerprint density at radius 3 is 2.33 bits per heavy atom. The van der Waals surface area contributed by atoms with E-state index in [1.165, 1.54) is 18.5 Å². The standard InChI is InChI=1S/C18H31FN2/c1-6-15(7-2)13-21(8-3)18-10-9-17(19)11-16(18)12-20-14(4)5/h9-11,14-15,20H,6-8,12-13H2,1-5H3. The van der Waals surface area contributed by atoms with E-state index in [4.69, 9.17) is 0 Å². The van der Waals surface area contributed by atoms with E-state index < -0.39 is 0 Å². The summed E-state index contributed by atoms with van der Waals surface area (Å²) in [6, 6.07) is 5.57. The topological polar surface area (TPSA) is 15.3 Å². The van der Waals surface area contributed by atoms with E-state index in [1.807, 2.05) is 6.07 Å². The quantitative estimate of drug-likeness (QED) is 0.717. The zero-order valence-electron chi connectivity index (χ0n) is 14.2. The van der Waals surface area contributed by atoms with Crippen molar-refractivity contribution in [3.63, 3.8) is 0 Å². The SMILES string of the molecule is CCC(CC)CN(CC)c1ccc(F)cc1CNC(C)C. The minimum absolute atomic E-state index is 0.155. The Hall–Kier alpha value is -1.09. The van der Waals surface area contributed by atoms with Crippen molar-refractivity contribution in [2.24, 2.45) is 5.92 Å². The molecular weight excluding hydrogens is 263 g/mol. The van der Waals surface area contributed by atoms with Gasteiger partial charge in [0.05, 0.1) is 0 Å². The summed E-state index contributed by atoms with van der Waals surface area (Å²) < 4.78 is 13.6. The van der Waals surface area contributed by atoms with Gasteiger partial charge in [-0.3, -0.25) is 0 Å². The van der Waals surface area contributed by atoms with Gasteiger partial charge in [-0.1, -0.05) is 40.5 Å². The minimum atomic E-state index is -0.155.